The van der Waals surface area contributed by atoms with Crippen molar-refractivity contribution >= 4 is 11.6 Å². The Kier molecular flexibility index (Phi) is 5.90. The molecular formula is C21H21F6N7. The Morgan fingerprint density at radius 2 is 1.71 bits per heavy atom. The Balaban J connectivity index is 1.83. The summed E-state index contributed by atoms with van der Waals surface area (Å²) in [6.07, 6.45) is -9.42. The number of hydrogen-bond acceptors (Lipinski definition) is 6. The zero-order valence-electron chi connectivity index (χ0n) is 18.4. The molecule has 1 aliphatic heterocycles. The summed E-state index contributed by atoms with van der Waals surface area (Å²) in [5.74, 6) is 0.0711. The van der Waals surface area contributed by atoms with Crippen LogP contribution in [0.25, 0.3) is 0 Å². The second-order valence-electron chi connectivity index (χ2n) is 8.30. The summed E-state index contributed by atoms with van der Waals surface area (Å²) >= 11 is 0. The van der Waals surface area contributed by atoms with Crippen LogP contribution in [-0.4, -0.2) is 31.2 Å². The first kappa shape index (κ1) is 23.8. The molecule has 0 aliphatic carbocycles. The van der Waals surface area contributed by atoms with Crippen LogP contribution in [0.4, 0.5) is 38.0 Å². The summed E-state index contributed by atoms with van der Waals surface area (Å²) in [5.41, 5.74) is -0.896. The van der Waals surface area contributed by atoms with Gasteiger partial charge in [-0.25, -0.2) is 0 Å². The van der Waals surface area contributed by atoms with E-state index in [2.05, 4.69) is 25.7 Å². The van der Waals surface area contributed by atoms with Crippen molar-refractivity contribution in [2.45, 2.75) is 51.2 Å². The summed E-state index contributed by atoms with van der Waals surface area (Å²) in [5, 5.41) is 15.3. The monoisotopic (exact) mass is 485 g/mol. The van der Waals surface area contributed by atoms with E-state index in [1.165, 1.54) is 11.8 Å². The Bertz CT molecular complexity index is 1150. The molecule has 7 nitrogen and oxygen atoms in total. The van der Waals surface area contributed by atoms with Gasteiger partial charge in [-0.15, -0.1) is 5.10 Å². The Morgan fingerprint density at radius 1 is 1.06 bits per heavy atom. The molecule has 3 heterocycles. The molecule has 1 aliphatic rings. The minimum atomic E-state index is -4.94. The number of aromatic nitrogens is 5. The molecule has 182 valence electrons. The van der Waals surface area contributed by atoms with Crippen LogP contribution in [0.2, 0.25) is 0 Å². The van der Waals surface area contributed by atoms with E-state index in [1.807, 2.05) is 19.1 Å². The van der Waals surface area contributed by atoms with Crippen LogP contribution in [0.15, 0.2) is 30.3 Å². The van der Waals surface area contributed by atoms with Gasteiger partial charge in [-0.3, -0.25) is 4.98 Å². The third kappa shape index (κ3) is 4.92. The number of alkyl halides is 6. The van der Waals surface area contributed by atoms with Gasteiger partial charge in [-0.2, -0.15) is 31.1 Å². The minimum Gasteiger partial charge on any atom is -0.381 e. The van der Waals surface area contributed by atoms with Gasteiger partial charge in [0.15, 0.2) is 0 Å². The lowest BCUT2D eigenvalue weighted by molar-refractivity contribution is -0.143. The average molecular weight is 485 g/mol. The van der Waals surface area contributed by atoms with Crippen molar-refractivity contribution in [1.82, 2.24) is 25.2 Å². The maximum atomic E-state index is 13.4. The minimum absolute atomic E-state index is 0.0478. The predicted octanol–water partition coefficient (Wildman–Crippen LogP) is 4.90. The van der Waals surface area contributed by atoms with Gasteiger partial charge in [0.25, 0.3) is 5.95 Å². The van der Waals surface area contributed by atoms with E-state index in [0.717, 1.165) is 5.69 Å². The van der Waals surface area contributed by atoms with Crippen LogP contribution >= 0.6 is 0 Å². The van der Waals surface area contributed by atoms with Gasteiger partial charge in [-0.1, -0.05) is 5.10 Å². The molecule has 34 heavy (non-hydrogen) atoms. The number of nitrogens with zero attached hydrogens (tertiary/aromatic N) is 6. The van der Waals surface area contributed by atoms with Gasteiger partial charge < -0.3 is 10.2 Å². The first-order chi connectivity index (χ1) is 15.8. The van der Waals surface area contributed by atoms with Crippen LogP contribution in [0.5, 0.6) is 0 Å². The molecule has 13 heteroatoms. The van der Waals surface area contributed by atoms with E-state index >= 15 is 0 Å². The molecule has 4 rings (SSSR count). The van der Waals surface area contributed by atoms with Gasteiger partial charge in [0, 0.05) is 18.3 Å². The molecule has 0 bridgehead atoms. The molecule has 0 saturated carbocycles. The first-order valence-electron chi connectivity index (χ1n) is 10.3. The molecule has 0 saturated heterocycles. The normalized spacial score (nSPS) is 18.4. The van der Waals surface area contributed by atoms with Crippen LogP contribution < -0.4 is 10.2 Å². The third-order valence-corrected chi connectivity index (χ3v) is 5.49. The zero-order chi connectivity index (χ0) is 24.8. The van der Waals surface area contributed by atoms with Gasteiger partial charge >= 0.3 is 12.4 Å². The first-order valence-corrected chi connectivity index (χ1v) is 10.3. The highest BCUT2D eigenvalue weighted by Crippen LogP contribution is 2.40. The van der Waals surface area contributed by atoms with Crippen molar-refractivity contribution in [1.29, 1.82) is 0 Å². The van der Waals surface area contributed by atoms with E-state index in [-0.39, 0.29) is 30.2 Å². The number of tetrazole rings is 1. The van der Waals surface area contributed by atoms with E-state index in [9.17, 15) is 26.3 Å². The van der Waals surface area contributed by atoms with Crippen LogP contribution in [0.1, 0.15) is 47.5 Å². The number of pyridine rings is 1. The van der Waals surface area contributed by atoms with E-state index < -0.39 is 29.5 Å². The predicted molar refractivity (Wildman–Crippen MR) is 111 cm³/mol. The highest BCUT2D eigenvalue weighted by atomic mass is 19.4. The van der Waals surface area contributed by atoms with E-state index in [4.69, 9.17) is 0 Å². The lowest BCUT2D eigenvalue weighted by atomic mass is 9.95. The number of benzene rings is 1. The van der Waals surface area contributed by atoms with Gasteiger partial charge in [0.05, 0.1) is 35.6 Å². The zero-order valence-corrected chi connectivity index (χ0v) is 18.4. The summed E-state index contributed by atoms with van der Waals surface area (Å²) in [4.78, 5) is 7.31. The number of anilines is 2. The number of aryl methyl sites for hydroxylation is 2. The lowest BCUT2D eigenvalue weighted by Gasteiger charge is -2.37. The highest BCUT2D eigenvalue weighted by molar-refractivity contribution is 5.55. The van der Waals surface area contributed by atoms with E-state index in [1.54, 1.807) is 11.8 Å². The molecule has 0 amide bonds. The molecule has 2 aromatic heterocycles. The van der Waals surface area contributed by atoms with Crippen LogP contribution in [0.3, 0.4) is 0 Å². The van der Waals surface area contributed by atoms with Crippen molar-refractivity contribution < 1.29 is 26.3 Å². The van der Waals surface area contributed by atoms with Crippen molar-refractivity contribution in [3.8, 4) is 0 Å². The largest absolute Gasteiger partial charge is 0.416 e. The van der Waals surface area contributed by atoms with Crippen molar-refractivity contribution in [2.24, 2.45) is 7.05 Å². The molecule has 0 unspecified atom stereocenters. The van der Waals surface area contributed by atoms with Crippen LogP contribution in [-0.2, 0) is 25.9 Å². The summed E-state index contributed by atoms with van der Waals surface area (Å²) < 4.78 is 80.5. The number of halogens is 6. The standard InChI is InChI=1S/C21H21F6N7/c1-11-4-5-16-18(29-11)17(6-12(2)28-16)34(19-30-32-33(3)31-19)10-13-7-14(20(22,23)24)9-15(8-13)21(25,26)27/h4-5,7-9,12,17,28H,6,10H2,1-3H3/t12-,17+/m1/s1. The molecular weight excluding hydrogens is 464 g/mol. The number of nitrogens with one attached hydrogen (secondary N) is 1. The quantitative estimate of drug-likeness (QED) is 0.530. The number of fused-ring (bicyclic) bond motifs is 1. The fraction of sp³-hybridized carbons (Fsp3) is 0.429. The SMILES string of the molecule is Cc1ccc2c(n1)[C@@H](N(Cc1cc(C(F)(F)F)cc(C(F)(F)F)c1)c1nnn(C)n1)C[C@@H](C)N2. The van der Waals surface area contributed by atoms with Crippen molar-refractivity contribution in [3.05, 3.63) is 58.4 Å². The molecule has 1 aromatic carbocycles. The molecule has 0 fully saturated rings. The van der Waals surface area contributed by atoms with Gasteiger partial charge in [0.1, 0.15) is 0 Å². The maximum Gasteiger partial charge on any atom is 0.416 e. The fourth-order valence-corrected chi connectivity index (χ4v) is 4.02. The number of rotatable bonds is 4. The third-order valence-electron chi connectivity index (χ3n) is 5.49. The summed E-state index contributed by atoms with van der Waals surface area (Å²) in [6, 6.07) is 4.64. The summed E-state index contributed by atoms with van der Waals surface area (Å²) in [7, 11) is 1.52. The van der Waals surface area contributed by atoms with E-state index in [0.29, 0.717) is 29.9 Å². The fourth-order valence-electron chi connectivity index (χ4n) is 4.02. The van der Waals surface area contributed by atoms with Gasteiger partial charge in [0.2, 0.25) is 0 Å². The molecule has 0 spiro atoms. The second-order valence-corrected chi connectivity index (χ2v) is 8.30. The topological polar surface area (TPSA) is 71.8 Å². The number of hydrogen-bond donors (Lipinski definition) is 1. The molecule has 3 aromatic rings. The second kappa shape index (κ2) is 8.44. The maximum absolute atomic E-state index is 13.4. The average Bonchev–Trinajstić information content (AvgIpc) is 3.16. The smallest absolute Gasteiger partial charge is 0.381 e. The lowest BCUT2D eigenvalue weighted by Crippen LogP contribution is -2.38. The molecule has 1 N–H and O–H groups in total. The van der Waals surface area contributed by atoms with Crippen LogP contribution in [0, 0.1) is 6.92 Å². The molecule has 2 atom stereocenters. The van der Waals surface area contributed by atoms with Crippen molar-refractivity contribution in [2.75, 3.05) is 10.2 Å². The van der Waals surface area contributed by atoms with Crippen molar-refractivity contribution in [3.63, 3.8) is 0 Å². The Labute approximate surface area is 190 Å². The highest BCUT2D eigenvalue weighted by Gasteiger charge is 2.38. The Hall–Kier alpha value is -3.38. The Morgan fingerprint density at radius 3 is 2.26 bits per heavy atom. The van der Waals surface area contributed by atoms with Gasteiger partial charge in [-0.05, 0) is 61.4 Å². The summed E-state index contributed by atoms with van der Waals surface area (Å²) in [6.45, 7) is 3.40. The molecule has 0 radical (unpaired) electrons.